The zero-order chi connectivity index (χ0) is 13.8. The Morgan fingerprint density at radius 3 is 2.61 bits per heavy atom. The van der Waals surface area contributed by atoms with Crippen LogP contribution in [0.15, 0.2) is 24.3 Å². The highest BCUT2D eigenvalue weighted by Gasteiger charge is 2.21. The van der Waals surface area contributed by atoms with Crippen molar-refractivity contribution in [3.8, 4) is 0 Å². The van der Waals surface area contributed by atoms with Crippen LogP contribution in [0.1, 0.15) is 32.4 Å². The van der Waals surface area contributed by atoms with Gasteiger partial charge in [0.25, 0.3) is 5.69 Å². The van der Waals surface area contributed by atoms with Crippen molar-refractivity contribution in [1.82, 2.24) is 5.32 Å². The molecule has 0 heterocycles. The van der Waals surface area contributed by atoms with Gasteiger partial charge in [-0.05, 0) is 20.8 Å². The lowest BCUT2D eigenvalue weighted by molar-refractivity contribution is -0.385. The maximum absolute atomic E-state index is 10.9. The highest BCUT2D eigenvalue weighted by molar-refractivity contribution is 5.41. The van der Waals surface area contributed by atoms with E-state index in [9.17, 15) is 10.1 Å². The van der Waals surface area contributed by atoms with Crippen molar-refractivity contribution in [2.75, 3.05) is 13.7 Å². The van der Waals surface area contributed by atoms with Crippen molar-refractivity contribution >= 4 is 5.69 Å². The summed E-state index contributed by atoms with van der Waals surface area (Å²) in [5, 5.41) is 14.2. The Morgan fingerprint density at radius 1 is 1.44 bits per heavy atom. The van der Waals surface area contributed by atoms with Crippen LogP contribution in [0, 0.1) is 10.1 Å². The summed E-state index contributed by atoms with van der Waals surface area (Å²) < 4.78 is 5.31. The minimum Gasteiger partial charge on any atom is -0.377 e. The first-order valence-corrected chi connectivity index (χ1v) is 5.89. The number of benzene rings is 1. The van der Waals surface area contributed by atoms with Gasteiger partial charge in [0.15, 0.2) is 0 Å². The van der Waals surface area contributed by atoms with Gasteiger partial charge in [-0.15, -0.1) is 0 Å². The topological polar surface area (TPSA) is 64.4 Å². The second-order valence-electron chi connectivity index (χ2n) is 4.88. The Kier molecular flexibility index (Phi) is 4.81. The molecule has 5 heteroatoms. The maximum Gasteiger partial charge on any atom is 0.274 e. The molecule has 0 saturated heterocycles. The van der Waals surface area contributed by atoms with Gasteiger partial charge in [0.1, 0.15) is 0 Å². The summed E-state index contributed by atoms with van der Waals surface area (Å²) in [5.74, 6) is 0. The Morgan fingerprint density at radius 2 is 2.06 bits per heavy atom. The Hall–Kier alpha value is -1.46. The van der Waals surface area contributed by atoms with Gasteiger partial charge >= 0.3 is 0 Å². The van der Waals surface area contributed by atoms with Crippen LogP contribution in [-0.4, -0.2) is 24.2 Å². The third-order valence-corrected chi connectivity index (χ3v) is 2.99. The predicted molar refractivity (Wildman–Crippen MR) is 70.6 cm³/mol. The zero-order valence-electron chi connectivity index (χ0n) is 11.3. The normalized spacial score (nSPS) is 13.3. The minimum absolute atomic E-state index is 0.0963. The quantitative estimate of drug-likeness (QED) is 0.624. The van der Waals surface area contributed by atoms with Gasteiger partial charge in [0.2, 0.25) is 0 Å². The van der Waals surface area contributed by atoms with E-state index in [1.165, 1.54) is 6.07 Å². The first kappa shape index (κ1) is 14.6. The van der Waals surface area contributed by atoms with Gasteiger partial charge in [-0.25, -0.2) is 0 Å². The zero-order valence-corrected chi connectivity index (χ0v) is 11.3. The van der Waals surface area contributed by atoms with Gasteiger partial charge in [0, 0.05) is 31.3 Å². The van der Waals surface area contributed by atoms with Crippen LogP contribution in [-0.2, 0) is 4.74 Å². The van der Waals surface area contributed by atoms with Crippen LogP contribution in [0.25, 0.3) is 0 Å². The van der Waals surface area contributed by atoms with E-state index >= 15 is 0 Å². The van der Waals surface area contributed by atoms with E-state index in [-0.39, 0.29) is 22.3 Å². The maximum atomic E-state index is 10.9. The molecule has 1 rings (SSSR count). The minimum atomic E-state index is -0.352. The third-order valence-electron chi connectivity index (χ3n) is 2.99. The number of nitrogens with zero attached hydrogens (tertiary/aromatic N) is 1. The van der Waals surface area contributed by atoms with Crippen molar-refractivity contribution in [3.05, 3.63) is 39.9 Å². The molecule has 1 N–H and O–H groups in total. The summed E-state index contributed by atoms with van der Waals surface area (Å²) in [6.45, 7) is 6.46. The summed E-state index contributed by atoms with van der Waals surface area (Å²) in [6, 6.07) is 6.68. The fourth-order valence-corrected chi connectivity index (χ4v) is 1.60. The van der Waals surface area contributed by atoms with Crippen molar-refractivity contribution < 1.29 is 9.66 Å². The van der Waals surface area contributed by atoms with Crippen LogP contribution < -0.4 is 5.32 Å². The average molecular weight is 252 g/mol. The number of hydrogen-bond donors (Lipinski definition) is 1. The number of hydrogen-bond acceptors (Lipinski definition) is 4. The van der Waals surface area contributed by atoms with Crippen molar-refractivity contribution in [2.24, 2.45) is 0 Å². The summed E-state index contributed by atoms with van der Waals surface area (Å²) >= 11 is 0. The van der Waals surface area contributed by atoms with Crippen LogP contribution in [0.3, 0.4) is 0 Å². The molecule has 0 aliphatic carbocycles. The number of para-hydroxylation sites is 1. The van der Waals surface area contributed by atoms with Crippen LogP contribution in [0.2, 0.25) is 0 Å². The number of nitrogens with one attached hydrogen (secondary N) is 1. The standard InChI is InChI=1S/C13H20N2O3/c1-10(14-9-13(2,3)18-4)11-7-5-6-8-12(11)15(16)17/h5-8,10,14H,9H2,1-4H3. The molecule has 0 aliphatic heterocycles. The first-order valence-electron chi connectivity index (χ1n) is 5.89. The number of nitro benzene ring substituents is 1. The molecule has 0 saturated carbocycles. The first-order chi connectivity index (χ1) is 8.37. The smallest absolute Gasteiger partial charge is 0.274 e. The monoisotopic (exact) mass is 252 g/mol. The second-order valence-corrected chi connectivity index (χ2v) is 4.88. The number of methoxy groups -OCH3 is 1. The fourth-order valence-electron chi connectivity index (χ4n) is 1.60. The molecule has 1 atom stereocenters. The summed E-state index contributed by atoms with van der Waals surface area (Å²) in [7, 11) is 1.65. The molecule has 100 valence electrons. The molecule has 1 aromatic rings. The molecule has 18 heavy (non-hydrogen) atoms. The van der Waals surface area contributed by atoms with Gasteiger partial charge in [-0.3, -0.25) is 10.1 Å². The highest BCUT2D eigenvalue weighted by atomic mass is 16.6. The van der Waals surface area contributed by atoms with E-state index in [0.717, 1.165) is 0 Å². The molecule has 0 fully saturated rings. The Labute approximate surface area is 107 Å². The SMILES string of the molecule is COC(C)(C)CNC(C)c1ccccc1[N+](=O)[O-]. The number of rotatable bonds is 6. The molecule has 0 amide bonds. The van der Waals surface area contributed by atoms with Crippen LogP contribution in [0.5, 0.6) is 0 Å². The second kappa shape index (κ2) is 5.93. The predicted octanol–water partition coefficient (Wildman–Crippen LogP) is 2.67. The lowest BCUT2D eigenvalue weighted by Gasteiger charge is -2.25. The molecule has 0 spiro atoms. The van der Waals surface area contributed by atoms with E-state index in [1.807, 2.05) is 26.8 Å². The Balaban J connectivity index is 2.79. The number of ether oxygens (including phenoxy) is 1. The van der Waals surface area contributed by atoms with E-state index < -0.39 is 0 Å². The van der Waals surface area contributed by atoms with E-state index in [4.69, 9.17) is 4.74 Å². The van der Waals surface area contributed by atoms with E-state index in [2.05, 4.69) is 5.32 Å². The third kappa shape index (κ3) is 3.78. The van der Waals surface area contributed by atoms with Gasteiger partial charge < -0.3 is 10.1 Å². The molecular weight excluding hydrogens is 232 g/mol. The molecular formula is C13H20N2O3. The molecule has 0 radical (unpaired) electrons. The van der Waals surface area contributed by atoms with Crippen molar-refractivity contribution in [3.63, 3.8) is 0 Å². The molecule has 0 bridgehead atoms. The van der Waals surface area contributed by atoms with Crippen LogP contribution in [0.4, 0.5) is 5.69 Å². The van der Waals surface area contributed by atoms with E-state index in [1.54, 1.807) is 19.2 Å². The Bertz CT molecular complexity index is 418. The van der Waals surface area contributed by atoms with Crippen molar-refractivity contribution in [2.45, 2.75) is 32.4 Å². The molecule has 0 aliphatic rings. The van der Waals surface area contributed by atoms with Gasteiger partial charge in [-0.1, -0.05) is 18.2 Å². The molecule has 5 nitrogen and oxygen atoms in total. The average Bonchev–Trinajstić information content (AvgIpc) is 2.36. The molecule has 0 aromatic heterocycles. The lowest BCUT2D eigenvalue weighted by Crippen LogP contribution is -2.38. The highest BCUT2D eigenvalue weighted by Crippen LogP contribution is 2.24. The fraction of sp³-hybridized carbons (Fsp3) is 0.538. The summed E-state index contributed by atoms with van der Waals surface area (Å²) in [5.41, 5.74) is 0.541. The largest absolute Gasteiger partial charge is 0.377 e. The molecule has 1 aromatic carbocycles. The summed E-state index contributed by atoms with van der Waals surface area (Å²) in [4.78, 5) is 10.6. The van der Waals surface area contributed by atoms with Gasteiger partial charge in [-0.2, -0.15) is 0 Å². The van der Waals surface area contributed by atoms with Crippen LogP contribution >= 0.6 is 0 Å². The summed E-state index contributed by atoms with van der Waals surface area (Å²) in [6.07, 6.45) is 0. The molecule has 1 unspecified atom stereocenters. The number of nitro groups is 1. The van der Waals surface area contributed by atoms with Gasteiger partial charge in [0.05, 0.1) is 10.5 Å². The lowest BCUT2D eigenvalue weighted by atomic mass is 10.0. The van der Waals surface area contributed by atoms with E-state index in [0.29, 0.717) is 12.1 Å². The van der Waals surface area contributed by atoms with Crippen molar-refractivity contribution in [1.29, 1.82) is 0 Å².